The molecule has 0 bridgehead atoms. The minimum absolute atomic E-state index is 0.0319. The fraction of sp³-hybridized carbons (Fsp3) is 0.600. The summed E-state index contributed by atoms with van der Waals surface area (Å²) in [6.45, 7) is 2.65. The standard InChI is InChI=1S/C10H16N2O4S/c1-7(13)9-6-8(12(14)15)10(17-9)11(2)4-5-16-3/h6-7,13H,4-5H2,1-3H3/t7-/m1/s1. The fourth-order valence-corrected chi connectivity index (χ4v) is 2.38. The molecule has 0 saturated heterocycles. The molecule has 0 aromatic carbocycles. The summed E-state index contributed by atoms with van der Waals surface area (Å²) in [7, 11) is 3.35. The number of aliphatic hydroxyl groups excluding tert-OH is 1. The largest absolute Gasteiger partial charge is 0.388 e. The Labute approximate surface area is 104 Å². The van der Waals surface area contributed by atoms with Crippen LogP contribution < -0.4 is 4.90 Å². The number of aliphatic hydroxyl groups is 1. The lowest BCUT2D eigenvalue weighted by molar-refractivity contribution is -0.383. The molecule has 0 saturated carbocycles. The quantitative estimate of drug-likeness (QED) is 0.623. The minimum Gasteiger partial charge on any atom is -0.388 e. The van der Waals surface area contributed by atoms with Crippen LogP contribution in [0.4, 0.5) is 10.7 Å². The van der Waals surface area contributed by atoms with Crippen molar-refractivity contribution in [3.8, 4) is 0 Å². The van der Waals surface area contributed by atoms with E-state index in [2.05, 4.69) is 0 Å². The lowest BCUT2D eigenvalue weighted by Gasteiger charge is -2.15. The maximum Gasteiger partial charge on any atom is 0.304 e. The third-order valence-electron chi connectivity index (χ3n) is 2.30. The average Bonchev–Trinajstić information content (AvgIpc) is 2.70. The summed E-state index contributed by atoms with van der Waals surface area (Å²) in [5, 5.41) is 20.9. The summed E-state index contributed by atoms with van der Waals surface area (Å²) in [5.41, 5.74) is 0.0319. The van der Waals surface area contributed by atoms with Crippen LogP contribution in [0.2, 0.25) is 0 Å². The Morgan fingerprint density at radius 2 is 2.35 bits per heavy atom. The highest BCUT2D eigenvalue weighted by Gasteiger charge is 2.23. The molecule has 0 amide bonds. The third kappa shape index (κ3) is 3.39. The van der Waals surface area contributed by atoms with Crippen molar-refractivity contribution in [2.24, 2.45) is 0 Å². The smallest absolute Gasteiger partial charge is 0.304 e. The van der Waals surface area contributed by atoms with Gasteiger partial charge in [0.15, 0.2) is 5.00 Å². The molecule has 0 radical (unpaired) electrons. The van der Waals surface area contributed by atoms with Crippen molar-refractivity contribution in [2.75, 3.05) is 32.2 Å². The summed E-state index contributed by atoms with van der Waals surface area (Å²) in [4.78, 5) is 12.8. The zero-order chi connectivity index (χ0) is 13.0. The van der Waals surface area contributed by atoms with E-state index >= 15 is 0 Å². The van der Waals surface area contributed by atoms with Gasteiger partial charge < -0.3 is 14.7 Å². The molecular weight excluding hydrogens is 244 g/mol. The number of likely N-dealkylation sites (N-methyl/N-ethyl adjacent to an activating group) is 1. The first-order chi connectivity index (χ1) is 7.97. The van der Waals surface area contributed by atoms with Gasteiger partial charge in [0, 0.05) is 31.6 Å². The molecule has 1 rings (SSSR count). The van der Waals surface area contributed by atoms with E-state index in [1.54, 1.807) is 26.0 Å². The molecule has 1 aromatic rings. The molecule has 1 aromatic heterocycles. The molecule has 0 unspecified atom stereocenters. The van der Waals surface area contributed by atoms with E-state index in [0.717, 1.165) is 0 Å². The molecule has 1 N–H and O–H groups in total. The maximum absolute atomic E-state index is 10.9. The van der Waals surface area contributed by atoms with Gasteiger partial charge >= 0.3 is 5.69 Å². The number of nitrogens with zero attached hydrogens (tertiary/aromatic N) is 2. The predicted octanol–water partition coefficient (Wildman–Crippen LogP) is 1.79. The maximum atomic E-state index is 10.9. The zero-order valence-electron chi connectivity index (χ0n) is 10.0. The minimum atomic E-state index is -0.691. The SMILES string of the molecule is COCCN(C)c1sc([C@@H](C)O)cc1[N+](=O)[O-]. The Kier molecular flexibility index (Phi) is 4.86. The molecule has 1 atom stereocenters. The van der Waals surface area contributed by atoms with Crippen molar-refractivity contribution >= 4 is 22.0 Å². The van der Waals surface area contributed by atoms with Crippen molar-refractivity contribution in [2.45, 2.75) is 13.0 Å². The number of thiophene rings is 1. The fourth-order valence-electron chi connectivity index (χ4n) is 1.33. The van der Waals surface area contributed by atoms with Crippen LogP contribution in [0.1, 0.15) is 17.9 Å². The van der Waals surface area contributed by atoms with E-state index in [1.807, 2.05) is 0 Å². The van der Waals surface area contributed by atoms with Crippen molar-refractivity contribution in [3.05, 3.63) is 21.1 Å². The monoisotopic (exact) mass is 260 g/mol. The van der Waals surface area contributed by atoms with Crippen molar-refractivity contribution in [1.82, 2.24) is 0 Å². The van der Waals surface area contributed by atoms with Crippen LogP contribution in [-0.2, 0) is 4.74 Å². The Hall–Kier alpha value is -1.18. The average molecular weight is 260 g/mol. The Balaban J connectivity index is 2.99. The van der Waals surface area contributed by atoms with Crippen LogP contribution >= 0.6 is 11.3 Å². The van der Waals surface area contributed by atoms with Gasteiger partial charge in [-0.3, -0.25) is 10.1 Å². The van der Waals surface area contributed by atoms with Crippen LogP contribution in [0, 0.1) is 10.1 Å². The van der Waals surface area contributed by atoms with Crippen molar-refractivity contribution in [3.63, 3.8) is 0 Å². The highest BCUT2D eigenvalue weighted by molar-refractivity contribution is 7.16. The predicted molar refractivity (Wildman–Crippen MR) is 66.8 cm³/mol. The van der Waals surface area contributed by atoms with Crippen LogP contribution in [0.5, 0.6) is 0 Å². The molecule has 6 nitrogen and oxygen atoms in total. The molecule has 0 aliphatic carbocycles. The van der Waals surface area contributed by atoms with Gasteiger partial charge in [0.25, 0.3) is 0 Å². The van der Waals surface area contributed by atoms with Gasteiger partial charge in [0.05, 0.1) is 17.6 Å². The first-order valence-electron chi connectivity index (χ1n) is 5.13. The van der Waals surface area contributed by atoms with E-state index in [9.17, 15) is 15.2 Å². The summed E-state index contributed by atoms with van der Waals surface area (Å²) < 4.78 is 4.93. The second-order valence-corrected chi connectivity index (χ2v) is 4.75. The molecule has 17 heavy (non-hydrogen) atoms. The van der Waals surface area contributed by atoms with Gasteiger partial charge in [-0.25, -0.2) is 0 Å². The van der Waals surface area contributed by atoms with E-state index in [1.165, 1.54) is 17.4 Å². The number of rotatable bonds is 6. The number of nitro groups is 1. The van der Waals surface area contributed by atoms with Gasteiger partial charge in [-0.15, -0.1) is 11.3 Å². The van der Waals surface area contributed by atoms with Crippen molar-refractivity contribution < 1.29 is 14.8 Å². The summed E-state index contributed by atoms with van der Waals surface area (Å²) >= 11 is 1.23. The van der Waals surface area contributed by atoms with E-state index in [0.29, 0.717) is 23.0 Å². The molecule has 7 heteroatoms. The van der Waals surface area contributed by atoms with Crippen LogP contribution in [0.3, 0.4) is 0 Å². The molecule has 0 fully saturated rings. The van der Waals surface area contributed by atoms with Gasteiger partial charge in [0.2, 0.25) is 0 Å². The Bertz CT molecular complexity index is 392. The van der Waals surface area contributed by atoms with Crippen LogP contribution in [0.15, 0.2) is 6.07 Å². The number of methoxy groups -OCH3 is 1. The number of anilines is 1. The third-order valence-corrected chi connectivity index (χ3v) is 3.71. The lowest BCUT2D eigenvalue weighted by Crippen LogP contribution is -2.21. The van der Waals surface area contributed by atoms with E-state index in [-0.39, 0.29) is 5.69 Å². The summed E-state index contributed by atoms with van der Waals surface area (Å²) in [5.74, 6) is 0. The first-order valence-corrected chi connectivity index (χ1v) is 5.95. The Morgan fingerprint density at radius 3 is 2.82 bits per heavy atom. The van der Waals surface area contributed by atoms with Gasteiger partial charge in [-0.2, -0.15) is 0 Å². The van der Waals surface area contributed by atoms with Gasteiger partial charge in [-0.05, 0) is 6.92 Å². The van der Waals surface area contributed by atoms with Gasteiger partial charge in [0.1, 0.15) is 0 Å². The molecule has 0 aliphatic heterocycles. The highest BCUT2D eigenvalue weighted by Crippen LogP contribution is 2.39. The topological polar surface area (TPSA) is 75.8 Å². The molecule has 0 spiro atoms. The number of hydrogen-bond donors (Lipinski definition) is 1. The normalized spacial score (nSPS) is 12.5. The number of hydrogen-bond acceptors (Lipinski definition) is 6. The highest BCUT2D eigenvalue weighted by atomic mass is 32.1. The number of ether oxygens (including phenoxy) is 1. The lowest BCUT2D eigenvalue weighted by atomic mass is 10.3. The second-order valence-electron chi connectivity index (χ2n) is 3.69. The molecular formula is C10H16N2O4S. The second kappa shape index (κ2) is 5.95. The van der Waals surface area contributed by atoms with E-state index in [4.69, 9.17) is 4.74 Å². The van der Waals surface area contributed by atoms with Crippen LogP contribution in [-0.4, -0.2) is 37.3 Å². The zero-order valence-corrected chi connectivity index (χ0v) is 10.9. The Morgan fingerprint density at radius 1 is 1.71 bits per heavy atom. The van der Waals surface area contributed by atoms with E-state index < -0.39 is 11.0 Å². The molecule has 0 aliphatic rings. The molecule has 1 heterocycles. The summed E-state index contributed by atoms with van der Waals surface area (Å²) in [6, 6.07) is 1.42. The molecule has 96 valence electrons. The first kappa shape index (κ1) is 13.9. The van der Waals surface area contributed by atoms with Gasteiger partial charge in [-0.1, -0.05) is 0 Å². The summed E-state index contributed by atoms with van der Waals surface area (Å²) in [6.07, 6.45) is -0.691. The van der Waals surface area contributed by atoms with Crippen LogP contribution in [0.25, 0.3) is 0 Å². The van der Waals surface area contributed by atoms with Crippen molar-refractivity contribution in [1.29, 1.82) is 0 Å².